The van der Waals surface area contributed by atoms with E-state index in [1.54, 1.807) is 7.05 Å². The van der Waals surface area contributed by atoms with Crippen molar-refractivity contribution in [1.29, 1.82) is 0 Å². The van der Waals surface area contributed by atoms with Crippen molar-refractivity contribution >= 4 is 47.4 Å². The number of halogens is 2. The number of benzene rings is 1. The summed E-state index contributed by atoms with van der Waals surface area (Å²) in [5, 5.41) is 7.04. The summed E-state index contributed by atoms with van der Waals surface area (Å²) in [7, 11) is 3.73. The second-order valence-electron chi connectivity index (χ2n) is 5.87. The largest absolute Gasteiger partial charge is 0.356 e. The number of nitrogens with zero attached hydrogens (tertiary/aromatic N) is 2. The lowest BCUT2D eigenvalue weighted by Crippen LogP contribution is -2.39. The van der Waals surface area contributed by atoms with Gasteiger partial charge in [0.15, 0.2) is 5.96 Å². The molecule has 0 aliphatic heterocycles. The lowest BCUT2D eigenvalue weighted by molar-refractivity contribution is -0.121. The van der Waals surface area contributed by atoms with Crippen LogP contribution >= 0.6 is 35.6 Å². The molecule has 1 amide bonds. The molecular weight excluding hydrogens is 439 g/mol. The quantitative estimate of drug-likeness (QED) is 0.282. The Hall–Kier alpha value is -1.02. The number of carbonyl (C=O) groups excluding carboxylic acids is 1. The van der Waals surface area contributed by atoms with Gasteiger partial charge in [0, 0.05) is 44.7 Å². The average Bonchev–Trinajstić information content (AvgIpc) is 3.33. The number of hydrogen-bond donors (Lipinski definition) is 2. The van der Waals surface area contributed by atoms with Crippen LogP contribution in [0.5, 0.6) is 0 Å². The third kappa shape index (κ3) is 7.25. The zero-order valence-corrected chi connectivity index (χ0v) is 17.3. The van der Waals surface area contributed by atoms with Crippen LogP contribution in [-0.2, 0) is 11.3 Å². The molecular formula is C17H26ClIN4O. The zero-order chi connectivity index (χ0) is 16.7. The Kier molecular flexibility index (Phi) is 9.43. The van der Waals surface area contributed by atoms with Gasteiger partial charge in [-0.25, -0.2) is 0 Å². The highest BCUT2D eigenvalue weighted by Crippen LogP contribution is 2.18. The van der Waals surface area contributed by atoms with Crippen LogP contribution in [0.25, 0.3) is 0 Å². The smallest absolute Gasteiger partial charge is 0.220 e. The molecule has 0 saturated heterocycles. The van der Waals surface area contributed by atoms with Crippen molar-refractivity contribution < 1.29 is 4.79 Å². The molecule has 134 valence electrons. The summed E-state index contributed by atoms with van der Waals surface area (Å²) in [6.07, 6.45) is 3.60. The highest BCUT2D eigenvalue weighted by atomic mass is 127. The lowest BCUT2D eigenvalue weighted by atomic mass is 10.2. The minimum atomic E-state index is 0. The molecule has 1 saturated carbocycles. The zero-order valence-electron chi connectivity index (χ0n) is 14.2. The number of guanidine groups is 1. The van der Waals surface area contributed by atoms with E-state index in [0.717, 1.165) is 42.4 Å². The molecule has 0 heterocycles. The van der Waals surface area contributed by atoms with Crippen LogP contribution in [-0.4, -0.2) is 43.4 Å². The molecule has 0 aromatic heterocycles. The Balaban J connectivity index is 0.00000288. The number of rotatable bonds is 7. The van der Waals surface area contributed by atoms with Crippen molar-refractivity contribution in [2.24, 2.45) is 4.99 Å². The number of amides is 1. The molecule has 0 bridgehead atoms. The summed E-state index contributed by atoms with van der Waals surface area (Å²) < 4.78 is 0. The van der Waals surface area contributed by atoms with Gasteiger partial charge in [0.1, 0.15) is 0 Å². The highest BCUT2D eigenvalue weighted by Gasteiger charge is 2.22. The summed E-state index contributed by atoms with van der Waals surface area (Å²) in [6.45, 7) is 1.40. The maximum Gasteiger partial charge on any atom is 0.220 e. The van der Waals surface area contributed by atoms with Crippen LogP contribution in [0.2, 0.25) is 5.02 Å². The average molecular weight is 465 g/mol. The molecule has 1 aliphatic carbocycles. The summed E-state index contributed by atoms with van der Waals surface area (Å²) in [6, 6.07) is 8.23. The van der Waals surface area contributed by atoms with Crippen molar-refractivity contribution in [2.45, 2.75) is 38.3 Å². The van der Waals surface area contributed by atoms with Gasteiger partial charge in [-0.2, -0.15) is 0 Å². The van der Waals surface area contributed by atoms with Gasteiger partial charge in [-0.1, -0.05) is 29.8 Å². The molecule has 2 N–H and O–H groups in total. The SMILES string of the molecule is CN=C(NCCCC(=O)NC1CC1)N(C)Cc1ccccc1Cl.I. The van der Waals surface area contributed by atoms with Gasteiger partial charge in [0.05, 0.1) is 0 Å². The van der Waals surface area contributed by atoms with E-state index >= 15 is 0 Å². The predicted molar refractivity (Wildman–Crippen MR) is 110 cm³/mol. The van der Waals surface area contributed by atoms with Crippen molar-refractivity contribution in [3.8, 4) is 0 Å². The Morgan fingerprint density at radius 3 is 2.71 bits per heavy atom. The predicted octanol–water partition coefficient (Wildman–Crippen LogP) is 3.02. The van der Waals surface area contributed by atoms with Gasteiger partial charge in [-0.3, -0.25) is 9.79 Å². The summed E-state index contributed by atoms with van der Waals surface area (Å²) in [4.78, 5) is 17.9. The Morgan fingerprint density at radius 2 is 2.08 bits per heavy atom. The van der Waals surface area contributed by atoms with Gasteiger partial charge in [-0.05, 0) is 30.9 Å². The minimum Gasteiger partial charge on any atom is -0.356 e. The molecule has 0 spiro atoms. The van der Waals surface area contributed by atoms with Gasteiger partial charge in [0.25, 0.3) is 0 Å². The van der Waals surface area contributed by atoms with E-state index in [1.807, 2.05) is 36.2 Å². The maximum absolute atomic E-state index is 11.6. The Labute approximate surface area is 166 Å². The first kappa shape index (κ1) is 21.0. The van der Waals surface area contributed by atoms with E-state index in [1.165, 1.54) is 0 Å². The standard InChI is InChI=1S/C17H25ClN4O.HI/c1-19-17(20-11-5-8-16(23)21-14-9-10-14)22(2)12-13-6-3-4-7-15(13)18;/h3-4,6-7,14H,5,8-12H2,1-2H3,(H,19,20)(H,21,23);1H. The highest BCUT2D eigenvalue weighted by molar-refractivity contribution is 14.0. The second-order valence-corrected chi connectivity index (χ2v) is 6.27. The fraction of sp³-hybridized carbons (Fsp3) is 0.529. The number of aliphatic imine (C=N–C) groups is 1. The van der Waals surface area contributed by atoms with E-state index in [4.69, 9.17) is 11.6 Å². The van der Waals surface area contributed by atoms with E-state index < -0.39 is 0 Å². The van der Waals surface area contributed by atoms with Gasteiger partial charge in [0.2, 0.25) is 5.91 Å². The minimum absolute atomic E-state index is 0. The summed E-state index contributed by atoms with van der Waals surface area (Å²) in [5.41, 5.74) is 1.06. The molecule has 0 radical (unpaired) electrons. The van der Waals surface area contributed by atoms with E-state index in [2.05, 4.69) is 15.6 Å². The van der Waals surface area contributed by atoms with E-state index in [9.17, 15) is 4.79 Å². The fourth-order valence-corrected chi connectivity index (χ4v) is 2.51. The molecule has 0 atom stereocenters. The second kappa shape index (κ2) is 10.8. The van der Waals surface area contributed by atoms with Crippen molar-refractivity contribution in [3.63, 3.8) is 0 Å². The van der Waals surface area contributed by atoms with E-state index in [0.29, 0.717) is 19.0 Å². The lowest BCUT2D eigenvalue weighted by Gasteiger charge is -2.22. The van der Waals surface area contributed by atoms with Crippen molar-refractivity contribution in [3.05, 3.63) is 34.9 Å². The van der Waals surface area contributed by atoms with Crippen LogP contribution in [0, 0.1) is 0 Å². The summed E-state index contributed by atoms with van der Waals surface area (Å²) >= 11 is 6.19. The third-order valence-electron chi connectivity index (χ3n) is 3.74. The number of carbonyl (C=O) groups is 1. The molecule has 1 aromatic carbocycles. The fourth-order valence-electron chi connectivity index (χ4n) is 2.32. The summed E-state index contributed by atoms with van der Waals surface area (Å²) in [5.74, 6) is 0.946. The normalized spacial score (nSPS) is 13.9. The molecule has 7 heteroatoms. The van der Waals surface area contributed by atoms with Crippen LogP contribution in [0.15, 0.2) is 29.3 Å². The van der Waals surface area contributed by atoms with Crippen LogP contribution in [0.3, 0.4) is 0 Å². The monoisotopic (exact) mass is 464 g/mol. The van der Waals surface area contributed by atoms with Crippen LogP contribution < -0.4 is 10.6 Å². The van der Waals surface area contributed by atoms with E-state index in [-0.39, 0.29) is 29.9 Å². The first-order chi connectivity index (χ1) is 11.1. The Bertz CT molecular complexity index is 563. The molecule has 1 aromatic rings. The van der Waals surface area contributed by atoms with Crippen LogP contribution in [0.1, 0.15) is 31.2 Å². The molecule has 0 unspecified atom stereocenters. The Morgan fingerprint density at radius 1 is 1.38 bits per heavy atom. The van der Waals surface area contributed by atoms with Crippen LogP contribution in [0.4, 0.5) is 0 Å². The third-order valence-corrected chi connectivity index (χ3v) is 4.11. The van der Waals surface area contributed by atoms with Gasteiger partial charge < -0.3 is 15.5 Å². The first-order valence-electron chi connectivity index (χ1n) is 8.04. The molecule has 2 rings (SSSR count). The molecule has 1 aliphatic rings. The topological polar surface area (TPSA) is 56.7 Å². The first-order valence-corrected chi connectivity index (χ1v) is 8.42. The maximum atomic E-state index is 11.6. The number of hydrogen-bond acceptors (Lipinski definition) is 2. The number of nitrogens with one attached hydrogen (secondary N) is 2. The van der Waals surface area contributed by atoms with Gasteiger partial charge >= 0.3 is 0 Å². The van der Waals surface area contributed by atoms with Gasteiger partial charge in [-0.15, -0.1) is 24.0 Å². The van der Waals surface area contributed by atoms with Crippen molar-refractivity contribution in [2.75, 3.05) is 20.6 Å². The molecule has 24 heavy (non-hydrogen) atoms. The molecule has 5 nitrogen and oxygen atoms in total. The van der Waals surface area contributed by atoms with Crippen molar-refractivity contribution in [1.82, 2.24) is 15.5 Å². The molecule has 1 fully saturated rings.